The van der Waals surface area contributed by atoms with Gasteiger partial charge in [0.25, 0.3) is 0 Å². The third-order valence-corrected chi connectivity index (χ3v) is 4.54. The maximum Gasteiger partial charge on any atom is 0.177 e. The molecule has 2 aromatic rings. The molecule has 1 aromatic heterocycles. The van der Waals surface area contributed by atoms with Crippen molar-refractivity contribution in [1.29, 1.82) is 0 Å². The fourth-order valence-corrected chi connectivity index (χ4v) is 2.71. The van der Waals surface area contributed by atoms with Gasteiger partial charge in [0.15, 0.2) is 5.06 Å². The average Bonchev–Trinajstić information content (AvgIpc) is 2.65. The van der Waals surface area contributed by atoms with Crippen molar-refractivity contribution in [2.24, 2.45) is 5.41 Å². The van der Waals surface area contributed by atoms with Gasteiger partial charge in [0, 0.05) is 10.3 Å². The third-order valence-electron chi connectivity index (χ3n) is 3.35. The van der Waals surface area contributed by atoms with Crippen LogP contribution in [0.4, 0.5) is 0 Å². The van der Waals surface area contributed by atoms with Crippen LogP contribution in [-0.4, -0.2) is 6.61 Å². The van der Waals surface area contributed by atoms with E-state index >= 15 is 0 Å². The van der Waals surface area contributed by atoms with Crippen molar-refractivity contribution in [3.63, 3.8) is 0 Å². The Morgan fingerprint density at radius 1 is 1.24 bits per heavy atom. The van der Waals surface area contributed by atoms with E-state index in [0.29, 0.717) is 0 Å². The normalized spacial score (nSPS) is 12.0. The van der Waals surface area contributed by atoms with Crippen LogP contribution >= 0.6 is 11.3 Å². The summed E-state index contributed by atoms with van der Waals surface area (Å²) in [6.45, 7) is 9.64. The van der Waals surface area contributed by atoms with Gasteiger partial charge in [-0.1, -0.05) is 50.3 Å². The smallest absolute Gasteiger partial charge is 0.177 e. The van der Waals surface area contributed by atoms with Gasteiger partial charge < -0.3 is 4.74 Å². The zero-order chi connectivity index (χ0) is 12.5. The first-order chi connectivity index (χ1) is 8.03. The lowest BCUT2D eigenvalue weighted by Gasteiger charge is -2.22. The maximum atomic E-state index is 6.00. The zero-order valence-electron chi connectivity index (χ0n) is 11.0. The van der Waals surface area contributed by atoms with E-state index in [1.807, 2.05) is 0 Å². The number of benzene rings is 1. The van der Waals surface area contributed by atoms with Crippen LogP contribution in [0.3, 0.4) is 0 Å². The largest absolute Gasteiger partial charge is 0.483 e. The molecule has 0 N–H and O–H groups in total. The lowest BCUT2D eigenvalue weighted by molar-refractivity contribution is 0.179. The predicted octanol–water partition coefficient (Wildman–Crippen LogP) is 5.02. The van der Waals surface area contributed by atoms with Crippen molar-refractivity contribution in [3.8, 4) is 5.06 Å². The highest BCUT2D eigenvalue weighted by Gasteiger charge is 2.17. The Bertz CT molecular complexity index is 511. The molecule has 2 rings (SSSR count). The summed E-state index contributed by atoms with van der Waals surface area (Å²) in [7, 11) is 0. The second kappa shape index (κ2) is 4.69. The number of hydrogen-bond donors (Lipinski definition) is 0. The van der Waals surface area contributed by atoms with Gasteiger partial charge in [0.1, 0.15) is 0 Å². The first-order valence-electron chi connectivity index (χ1n) is 6.14. The molecule has 0 aliphatic carbocycles. The number of ether oxygens (including phenoxy) is 1. The van der Waals surface area contributed by atoms with Crippen LogP contribution in [0, 0.1) is 12.3 Å². The molecule has 92 valence electrons. The zero-order valence-corrected chi connectivity index (χ0v) is 11.9. The number of hydrogen-bond acceptors (Lipinski definition) is 2. The summed E-state index contributed by atoms with van der Waals surface area (Å²) in [5, 5.41) is 2.40. The highest BCUT2D eigenvalue weighted by Crippen LogP contribution is 2.37. The van der Waals surface area contributed by atoms with E-state index in [2.05, 4.69) is 52.0 Å². The Hall–Kier alpha value is -1.02. The van der Waals surface area contributed by atoms with Crippen LogP contribution in [0.1, 0.15) is 32.8 Å². The molecule has 0 unspecified atom stereocenters. The van der Waals surface area contributed by atoms with Crippen molar-refractivity contribution in [1.82, 2.24) is 0 Å². The maximum absolute atomic E-state index is 6.00. The fourth-order valence-electron chi connectivity index (χ4n) is 1.65. The van der Waals surface area contributed by atoms with Crippen molar-refractivity contribution in [3.05, 3.63) is 29.8 Å². The topological polar surface area (TPSA) is 9.23 Å². The molecule has 0 spiro atoms. The van der Waals surface area contributed by atoms with E-state index in [-0.39, 0.29) is 5.41 Å². The molecule has 1 aromatic carbocycles. The fraction of sp³-hybridized carbons (Fsp3) is 0.467. The second-order valence-corrected chi connectivity index (χ2v) is 6.33. The highest BCUT2D eigenvalue weighted by molar-refractivity contribution is 7.21. The highest BCUT2D eigenvalue weighted by atomic mass is 32.1. The summed E-state index contributed by atoms with van der Waals surface area (Å²) in [5.74, 6) is 0. The minimum Gasteiger partial charge on any atom is -0.483 e. The van der Waals surface area contributed by atoms with Crippen LogP contribution in [0.2, 0.25) is 0 Å². The summed E-state index contributed by atoms with van der Waals surface area (Å²) in [6, 6.07) is 8.49. The molecular weight excluding hydrogens is 228 g/mol. The minimum absolute atomic E-state index is 0.253. The van der Waals surface area contributed by atoms with Gasteiger partial charge in [-0.3, -0.25) is 0 Å². The monoisotopic (exact) mass is 248 g/mol. The minimum atomic E-state index is 0.253. The van der Waals surface area contributed by atoms with Crippen LogP contribution < -0.4 is 4.74 Å². The van der Waals surface area contributed by atoms with Gasteiger partial charge in [0.05, 0.1) is 6.61 Å². The van der Waals surface area contributed by atoms with Crippen molar-refractivity contribution in [2.75, 3.05) is 6.61 Å². The molecule has 0 saturated heterocycles. The Labute approximate surface area is 107 Å². The molecule has 0 bridgehead atoms. The summed E-state index contributed by atoms with van der Waals surface area (Å²) < 4.78 is 7.31. The molecule has 0 fully saturated rings. The number of thiophene rings is 1. The van der Waals surface area contributed by atoms with Gasteiger partial charge >= 0.3 is 0 Å². The van der Waals surface area contributed by atoms with E-state index in [4.69, 9.17) is 4.74 Å². The quantitative estimate of drug-likeness (QED) is 0.737. The molecule has 0 saturated carbocycles. The predicted molar refractivity (Wildman–Crippen MR) is 76.1 cm³/mol. The first-order valence-corrected chi connectivity index (χ1v) is 6.96. The van der Waals surface area contributed by atoms with Crippen LogP contribution in [-0.2, 0) is 0 Å². The van der Waals surface area contributed by atoms with Gasteiger partial charge in [0.2, 0.25) is 0 Å². The first kappa shape index (κ1) is 12.4. The Kier molecular flexibility index (Phi) is 3.43. The van der Waals surface area contributed by atoms with Crippen LogP contribution in [0.25, 0.3) is 10.1 Å². The Morgan fingerprint density at radius 2 is 1.94 bits per heavy atom. The molecule has 1 nitrogen and oxygen atoms in total. The van der Waals surface area contributed by atoms with Gasteiger partial charge in [-0.05, 0) is 30.2 Å². The van der Waals surface area contributed by atoms with E-state index in [0.717, 1.165) is 18.1 Å². The number of rotatable bonds is 4. The number of fused-ring (bicyclic) bond motifs is 1. The lowest BCUT2D eigenvalue weighted by atomic mass is 9.92. The van der Waals surface area contributed by atoms with E-state index in [9.17, 15) is 0 Å². The lowest BCUT2D eigenvalue weighted by Crippen LogP contribution is -2.20. The molecule has 17 heavy (non-hydrogen) atoms. The summed E-state index contributed by atoms with van der Waals surface area (Å²) in [4.78, 5) is 0. The average molecular weight is 248 g/mol. The van der Waals surface area contributed by atoms with E-state index in [1.165, 1.54) is 15.6 Å². The Balaban J connectivity index is 2.22. The van der Waals surface area contributed by atoms with Crippen molar-refractivity contribution < 1.29 is 4.74 Å². The number of aryl methyl sites for hydroxylation is 1. The van der Waals surface area contributed by atoms with E-state index < -0.39 is 0 Å². The van der Waals surface area contributed by atoms with Crippen LogP contribution in [0.15, 0.2) is 24.3 Å². The molecule has 0 radical (unpaired) electrons. The van der Waals surface area contributed by atoms with Crippen LogP contribution in [0.5, 0.6) is 5.06 Å². The molecule has 0 amide bonds. The standard InChI is InChI=1S/C15H20OS/c1-5-15(3,4)10-16-14-11(2)12-8-6-7-9-13(12)17-14/h6-9H,5,10H2,1-4H3. The third kappa shape index (κ3) is 2.63. The van der Waals surface area contributed by atoms with Gasteiger partial charge in [-0.25, -0.2) is 0 Å². The van der Waals surface area contributed by atoms with Gasteiger partial charge in [-0.2, -0.15) is 0 Å². The molecular formula is C15H20OS. The van der Waals surface area contributed by atoms with Gasteiger partial charge in [-0.15, -0.1) is 0 Å². The Morgan fingerprint density at radius 3 is 2.59 bits per heavy atom. The molecule has 2 heteroatoms. The molecule has 1 heterocycles. The molecule has 0 aliphatic heterocycles. The van der Waals surface area contributed by atoms with Crippen molar-refractivity contribution in [2.45, 2.75) is 34.1 Å². The van der Waals surface area contributed by atoms with Crippen molar-refractivity contribution >= 4 is 21.4 Å². The second-order valence-electron chi connectivity index (χ2n) is 5.32. The summed E-state index contributed by atoms with van der Waals surface area (Å²) in [5.41, 5.74) is 1.53. The summed E-state index contributed by atoms with van der Waals surface area (Å²) in [6.07, 6.45) is 1.14. The molecule has 0 aliphatic rings. The summed E-state index contributed by atoms with van der Waals surface area (Å²) >= 11 is 1.75. The van der Waals surface area contributed by atoms with E-state index in [1.54, 1.807) is 11.3 Å². The SMILES string of the molecule is CCC(C)(C)COc1sc2ccccc2c1C. The molecule has 0 atom stereocenters.